The standard InChI is InChI=1S/C17H26N4O3S/c18-16(23)15-12-3-1-4-13(12)25-17(15)20-14(22)11-19-5-2-6-21-7-9-24-10-8-21/h19H,1-11H2,(H2,18,23)(H,20,22)/p+2. The van der Waals surface area contributed by atoms with Gasteiger partial charge in [-0.1, -0.05) is 0 Å². The van der Waals surface area contributed by atoms with Gasteiger partial charge in [0.25, 0.3) is 11.8 Å². The molecule has 0 unspecified atom stereocenters. The van der Waals surface area contributed by atoms with Crippen molar-refractivity contribution in [3.05, 3.63) is 16.0 Å². The number of nitrogens with two attached hydrogens (primary N) is 2. The molecule has 1 fully saturated rings. The van der Waals surface area contributed by atoms with Crippen LogP contribution in [-0.4, -0.2) is 57.8 Å². The molecule has 1 aromatic rings. The van der Waals surface area contributed by atoms with Crippen molar-refractivity contribution in [3.8, 4) is 0 Å². The molecule has 1 aliphatic heterocycles. The molecule has 0 spiro atoms. The molecule has 138 valence electrons. The van der Waals surface area contributed by atoms with Gasteiger partial charge < -0.3 is 26.0 Å². The minimum Gasteiger partial charge on any atom is -0.370 e. The lowest BCUT2D eigenvalue weighted by Gasteiger charge is -2.23. The summed E-state index contributed by atoms with van der Waals surface area (Å²) in [6.07, 6.45) is 4.01. The summed E-state index contributed by atoms with van der Waals surface area (Å²) < 4.78 is 5.35. The Bertz CT molecular complexity index is 626. The molecule has 7 nitrogen and oxygen atoms in total. The molecule has 0 aromatic carbocycles. The van der Waals surface area contributed by atoms with Gasteiger partial charge in [-0.05, 0) is 24.8 Å². The second kappa shape index (κ2) is 8.75. The van der Waals surface area contributed by atoms with Crippen LogP contribution in [0.1, 0.15) is 33.6 Å². The maximum absolute atomic E-state index is 12.2. The zero-order chi connectivity index (χ0) is 17.6. The molecule has 0 saturated carbocycles. The Labute approximate surface area is 151 Å². The molecule has 0 radical (unpaired) electrons. The van der Waals surface area contributed by atoms with Crippen LogP contribution < -0.4 is 21.3 Å². The third-order valence-electron chi connectivity index (χ3n) is 4.89. The van der Waals surface area contributed by atoms with Gasteiger partial charge in [-0.2, -0.15) is 0 Å². The lowest BCUT2D eigenvalue weighted by Crippen LogP contribution is -3.14. The zero-order valence-electron chi connectivity index (χ0n) is 14.6. The molecule has 6 N–H and O–H groups in total. The van der Waals surface area contributed by atoms with Gasteiger partial charge in [-0.3, -0.25) is 9.59 Å². The van der Waals surface area contributed by atoms with Crippen LogP contribution in [0.15, 0.2) is 0 Å². The van der Waals surface area contributed by atoms with Crippen molar-refractivity contribution in [2.45, 2.75) is 25.7 Å². The number of ether oxygens (including phenoxy) is 1. The van der Waals surface area contributed by atoms with Crippen molar-refractivity contribution in [2.75, 3.05) is 51.3 Å². The molecular weight excluding hydrogens is 340 g/mol. The number of hydrogen-bond donors (Lipinski definition) is 4. The Morgan fingerprint density at radius 2 is 2.08 bits per heavy atom. The summed E-state index contributed by atoms with van der Waals surface area (Å²) in [6.45, 7) is 6.31. The molecule has 25 heavy (non-hydrogen) atoms. The number of carbonyl (C=O) groups is 2. The molecule has 0 atom stereocenters. The molecule has 8 heteroatoms. The second-order valence-electron chi connectivity index (χ2n) is 6.72. The van der Waals surface area contributed by atoms with Crippen LogP contribution in [0.3, 0.4) is 0 Å². The number of rotatable bonds is 8. The lowest BCUT2D eigenvalue weighted by atomic mass is 10.1. The van der Waals surface area contributed by atoms with E-state index in [9.17, 15) is 9.59 Å². The minimum atomic E-state index is -0.438. The van der Waals surface area contributed by atoms with E-state index in [0.29, 0.717) is 17.1 Å². The predicted octanol–water partition coefficient (Wildman–Crippen LogP) is -1.86. The highest BCUT2D eigenvalue weighted by Gasteiger charge is 2.26. The van der Waals surface area contributed by atoms with Crippen LogP contribution in [-0.2, 0) is 22.4 Å². The average Bonchev–Trinajstić information content (AvgIpc) is 3.15. The van der Waals surface area contributed by atoms with E-state index >= 15 is 0 Å². The summed E-state index contributed by atoms with van der Waals surface area (Å²) in [6, 6.07) is 0. The average molecular weight is 369 g/mol. The number of primary amides is 1. The quantitative estimate of drug-likeness (QED) is 0.405. The summed E-state index contributed by atoms with van der Waals surface area (Å²) in [4.78, 5) is 26.7. The Kier molecular flexibility index (Phi) is 6.41. The maximum atomic E-state index is 12.2. The van der Waals surface area contributed by atoms with E-state index in [1.807, 2.05) is 5.32 Å². The van der Waals surface area contributed by atoms with Crippen molar-refractivity contribution in [1.29, 1.82) is 0 Å². The molecular formula is C17H28N4O3S+2. The smallest absolute Gasteiger partial charge is 0.280 e. The van der Waals surface area contributed by atoms with Gasteiger partial charge in [0.15, 0.2) is 6.54 Å². The number of amides is 2. The first kappa shape index (κ1) is 18.3. The van der Waals surface area contributed by atoms with E-state index in [1.165, 1.54) is 16.2 Å². The molecule has 2 heterocycles. The number of hydrogen-bond acceptors (Lipinski definition) is 4. The fourth-order valence-electron chi connectivity index (χ4n) is 3.57. The fraction of sp³-hybridized carbons (Fsp3) is 0.647. The second-order valence-corrected chi connectivity index (χ2v) is 7.83. The Balaban J connectivity index is 1.40. The maximum Gasteiger partial charge on any atom is 0.280 e. The number of aryl methyl sites for hydroxylation is 1. The summed E-state index contributed by atoms with van der Waals surface area (Å²) in [5.74, 6) is -0.506. The number of anilines is 1. The van der Waals surface area contributed by atoms with E-state index < -0.39 is 5.91 Å². The Hall–Kier alpha value is -1.48. The molecule has 2 aliphatic rings. The van der Waals surface area contributed by atoms with Crippen LogP contribution in [0.4, 0.5) is 5.00 Å². The summed E-state index contributed by atoms with van der Waals surface area (Å²) in [5.41, 5.74) is 7.09. The molecule has 1 aliphatic carbocycles. The fourth-order valence-corrected chi connectivity index (χ4v) is 4.88. The molecule has 3 rings (SSSR count). The molecule has 0 bridgehead atoms. The van der Waals surface area contributed by atoms with E-state index in [-0.39, 0.29) is 5.91 Å². The van der Waals surface area contributed by atoms with E-state index in [0.717, 1.165) is 70.6 Å². The Morgan fingerprint density at radius 1 is 1.28 bits per heavy atom. The van der Waals surface area contributed by atoms with Crippen molar-refractivity contribution in [2.24, 2.45) is 5.73 Å². The number of fused-ring (bicyclic) bond motifs is 1. The monoisotopic (exact) mass is 368 g/mol. The highest BCUT2D eigenvalue weighted by atomic mass is 32.1. The molecule has 1 aromatic heterocycles. The highest BCUT2D eigenvalue weighted by molar-refractivity contribution is 7.17. The topological polar surface area (TPSA) is 102 Å². The van der Waals surface area contributed by atoms with Crippen LogP contribution >= 0.6 is 11.3 Å². The van der Waals surface area contributed by atoms with Crippen molar-refractivity contribution in [1.82, 2.24) is 0 Å². The summed E-state index contributed by atoms with van der Waals surface area (Å²) in [7, 11) is 0. The third kappa shape index (κ3) is 4.78. The largest absolute Gasteiger partial charge is 0.370 e. The lowest BCUT2D eigenvalue weighted by molar-refractivity contribution is -0.909. The number of nitrogens with one attached hydrogen (secondary N) is 2. The van der Waals surface area contributed by atoms with Gasteiger partial charge in [0, 0.05) is 11.3 Å². The number of thiophene rings is 1. The first-order valence-corrected chi connectivity index (χ1v) is 9.94. The Morgan fingerprint density at radius 3 is 2.84 bits per heavy atom. The van der Waals surface area contributed by atoms with Gasteiger partial charge in [-0.15, -0.1) is 11.3 Å². The van der Waals surface area contributed by atoms with Crippen LogP contribution in [0.5, 0.6) is 0 Å². The van der Waals surface area contributed by atoms with Gasteiger partial charge in [0.05, 0.1) is 31.9 Å². The molecule has 2 amide bonds. The first-order chi connectivity index (χ1) is 12.1. The van der Waals surface area contributed by atoms with Crippen molar-refractivity contribution in [3.63, 3.8) is 0 Å². The third-order valence-corrected chi connectivity index (χ3v) is 6.10. The number of carbonyl (C=O) groups excluding carboxylic acids is 2. The van der Waals surface area contributed by atoms with E-state index in [1.54, 1.807) is 4.90 Å². The van der Waals surface area contributed by atoms with Crippen LogP contribution in [0, 0.1) is 0 Å². The zero-order valence-corrected chi connectivity index (χ0v) is 15.4. The van der Waals surface area contributed by atoms with Crippen LogP contribution in [0.2, 0.25) is 0 Å². The van der Waals surface area contributed by atoms with Crippen LogP contribution in [0.25, 0.3) is 0 Å². The SMILES string of the molecule is NC(=O)c1c(NC(=O)C[NH2+]CCC[NH+]2CCOCC2)sc2c1CCC2. The normalized spacial score (nSPS) is 17.4. The summed E-state index contributed by atoms with van der Waals surface area (Å²) in [5, 5.41) is 5.55. The predicted molar refractivity (Wildman–Crippen MR) is 96.2 cm³/mol. The number of morpholine rings is 1. The first-order valence-electron chi connectivity index (χ1n) is 9.12. The minimum absolute atomic E-state index is 0.0684. The van der Waals surface area contributed by atoms with E-state index in [2.05, 4.69) is 5.32 Å². The van der Waals surface area contributed by atoms with Crippen molar-refractivity contribution < 1.29 is 24.5 Å². The van der Waals surface area contributed by atoms with Gasteiger partial charge in [0.1, 0.15) is 18.1 Å². The van der Waals surface area contributed by atoms with Crippen molar-refractivity contribution >= 4 is 28.2 Å². The van der Waals surface area contributed by atoms with E-state index in [4.69, 9.17) is 10.5 Å². The van der Waals surface area contributed by atoms with Gasteiger partial charge in [0.2, 0.25) is 0 Å². The van der Waals surface area contributed by atoms with Gasteiger partial charge in [-0.25, -0.2) is 0 Å². The van der Waals surface area contributed by atoms with Gasteiger partial charge >= 0.3 is 0 Å². The number of quaternary nitrogens is 2. The molecule has 1 saturated heterocycles. The highest BCUT2D eigenvalue weighted by Crippen LogP contribution is 2.38. The summed E-state index contributed by atoms with van der Waals surface area (Å²) >= 11 is 1.51.